The van der Waals surface area contributed by atoms with E-state index in [1.165, 1.54) is 6.07 Å². The number of rotatable bonds is 4. The summed E-state index contributed by atoms with van der Waals surface area (Å²) in [6.07, 6.45) is 3.70. The number of nitro benzene ring substituents is 1. The van der Waals surface area contributed by atoms with Gasteiger partial charge in [0, 0.05) is 24.4 Å². The maximum atomic E-state index is 10.6. The van der Waals surface area contributed by atoms with Crippen molar-refractivity contribution in [1.82, 2.24) is 0 Å². The van der Waals surface area contributed by atoms with Crippen molar-refractivity contribution >= 4 is 11.4 Å². The molecule has 2 rings (SSSR count). The first-order valence-corrected chi connectivity index (χ1v) is 6.31. The van der Waals surface area contributed by atoms with Gasteiger partial charge in [0.15, 0.2) is 0 Å². The normalized spacial score (nSPS) is 23.6. The number of anilines is 1. The molecule has 5 heteroatoms. The van der Waals surface area contributed by atoms with E-state index in [9.17, 15) is 15.2 Å². The maximum Gasteiger partial charge on any atom is 0.271 e. The monoisotopic (exact) mass is 250 g/mol. The van der Waals surface area contributed by atoms with E-state index in [1.807, 2.05) is 6.07 Å². The summed E-state index contributed by atoms with van der Waals surface area (Å²) in [4.78, 5) is 10.3. The second-order valence-corrected chi connectivity index (χ2v) is 4.87. The zero-order chi connectivity index (χ0) is 13.0. The molecule has 0 saturated heterocycles. The van der Waals surface area contributed by atoms with Gasteiger partial charge in [0.2, 0.25) is 0 Å². The molecule has 1 aromatic carbocycles. The molecule has 1 aliphatic rings. The molecular formula is C13H18N2O3. The van der Waals surface area contributed by atoms with Crippen LogP contribution in [0.2, 0.25) is 0 Å². The van der Waals surface area contributed by atoms with Crippen LogP contribution in [0.5, 0.6) is 0 Å². The van der Waals surface area contributed by atoms with Gasteiger partial charge < -0.3 is 10.4 Å². The molecule has 0 spiro atoms. The Kier molecular flexibility index (Phi) is 4.15. The van der Waals surface area contributed by atoms with Crippen molar-refractivity contribution in [2.75, 3.05) is 11.9 Å². The number of non-ortho nitro benzene ring substituents is 1. The third kappa shape index (κ3) is 3.43. The Balaban J connectivity index is 1.89. The molecule has 0 radical (unpaired) electrons. The molecule has 18 heavy (non-hydrogen) atoms. The molecule has 2 atom stereocenters. The fraction of sp³-hybridized carbons (Fsp3) is 0.538. The molecule has 0 bridgehead atoms. The molecule has 0 aliphatic heterocycles. The third-order valence-electron chi connectivity index (χ3n) is 3.41. The van der Waals surface area contributed by atoms with E-state index < -0.39 is 4.92 Å². The lowest BCUT2D eigenvalue weighted by atomic mass is 9.87. The van der Waals surface area contributed by atoms with Crippen LogP contribution in [0.1, 0.15) is 25.7 Å². The highest BCUT2D eigenvalue weighted by Gasteiger charge is 2.19. The van der Waals surface area contributed by atoms with Crippen LogP contribution >= 0.6 is 0 Å². The van der Waals surface area contributed by atoms with Crippen molar-refractivity contribution in [1.29, 1.82) is 0 Å². The van der Waals surface area contributed by atoms with Gasteiger partial charge in [0.25, 0.3) is 5.69 Å². The molecule has 1 aromatic rings. The van der Waals surface area contributed by atoms with Crippen LogP contribution in [0.3, 0.4) is 0 Å². The molecule has 2 N–H and O–H groups in total. The first-order valence-electron chi connectivity index (χ1n) is 6.31. The van der Waals surface area contributed by atoms with Crippen LogP contribution < -0.4 is 5.32 Å². The molecule has 0 aromatic heterocycles. The molecule has 2 unspecified atom stereocenters. The van der Waals surface area contributed by atoms with Gasteiger partial charge in [-0.1, -0.05) is 12.5 Å². The second-order valence-electron chi connectivity index (χ2n) is 4.87. The van der Waals surface area contributed by atoms with Crippen LogP contribution in [-0.4, -0.2) is 22.7 Å². The summed E-state index contributed by atoms with van der Waals surface area (Å²) < 4.78 is 0. The van der Waals surface area contributed by atoms with Gasteiger partial charge in [-0.2, -0.15) is 0 Å². The van der Waals surface area contributed by atoms with E-state index in [4.69, 9.17) is 0 Å². The molecule has 1 aliphatic carbocycles. The van der Waals surface area contributed by atoms with E-state index >= 15 is 0 Å². The van der Waals surface area contributed by atoms with Gasteiger partial charge in [-0.05, 0) is 31.2 Å². The van der Waals surface area contributed by atoms with Crippen LogP contribution in [0, 0.1) is 16.0 Å². The lowest BCUT2D eigenvalue weighted by Gasteiger charge is -2.26. The number of nitrogens with zero attached hydrogens (tertiary/aromatic N) is 1. The number of benzene rings is 1. The van der Waals surface area contributed by atoms with Crippen molar-refractivity contribution in [3.8, 4) is 0 Å². The molecule has 5 nitrogen and oxygen atoms in total. The Labute approximate surface area is 106 Å². The Morgan fingerprint density at radius 1 is 1.44 bits per heavy atom. The van der Waals surface area contributed by atoms with E-state index in [-0.39, 0.29) is 11.8 Å². The molecule has 0 amide bonds. The van der Waals surface area contributed by atoms with Crippen LogP contribution in [0.25, 0.3) is 0 Å². The van der Waals surface area contributed by atoms with Gasteiger partial charge in [-0.3, -0.25) is 10.1 Å². The lowest BCUT2D eigenvalue weighted by Crippen LogP contribution is -2.24. The van der Waals surface area contributed by atoms with Crippen LogP contribution in [0.15, 0.2) is 24.3 Å². The van der Waals surface area contributed by atoms with Gasteiger partial charge in [-0.25, -0.2) is 0 Å². The summed E-state index contributed by atoms with van der Waals surface area (Å²) >= 11 is 0. The van der Waals surface area contributed by atoms with Crippen molar-refractivity contribution in [3.05, 3.63) is 34.4 Å². The van der Waals surface area contributed by atoms with Crippen LogP contribution in [0.4, 0.5) is 11.4 Å². The van der Waals surface area contributed by atoms with Gasteiger partial charge in [-0.15, -0.1) is 0 Å². The quantitative estimate of drug-likeness (QED) is 0.636. The minimum Gasteiger partial charge on any atom is -0.393 e. The Bertz CT molecular complexity index is 422. The van der Waals surface area contributed by atoms with Crippen molar-refractivity contribution in [2.24, 2.45) is 5.92 Å². The average Bonchev–Trinajstić information content (AvgIpc) is 2.37. The van der Waals surface area contributed by atoms with E-state index in [0.29, 0.717) is 5.92 Å². The van der Waals surface area contributed by atoms with E-state index in [2.05, 4.69) is 5.32 Å². The van der Waals surface area contributed by atoms with E-state index in [0.717, 1.165) is 37.9 Å². The zero-order valence-corrected chi connectivity index (χ0v) is 10.2. The average molecular weight is 250 g/mol. The topological polar surface area (TPSA) is 75.4 Å². The number of hydrogen-bond acceptors (Lipinski definition) is 4. The standard InChI is InChI=1S/C13H18N2O3/c16-13-6-1-3-10(7-13)9-14-11-4-2-5-12(8-11)15(17)18/h2,4-5,8,10,13-14,16H,1,3,6-7,9H2. The Hall–Kier alpha value is -1.62. The first kappa shape index (κ1) is 12.8. The minimum atomic E-state index is -0.393. The summed E-state index contributed by atoms with van der Waals surface area (Å²) in [5.74, 6) is 0.452. The molecule has 0 heterocycles. The van der Waals surface area contributed by atoms with Gasteiger partial charge >= 0.3 is 0 Å². The molecular weight excluding hydrogens is 232 g/mol. The van der Waals surface area contributed by atoms with E-state index in [1.54, 1.807) is 12.1 Å². The summed E-state index contributed by atoms with van der Waals surface area (Å²) in [6.45, 7) is 0.762. The van der Waals surface area contributed by atoms with Crippen LogP contribution in [-0.2, 0) is 0 Å². The Morgan fingerprint density at radius 2 is 2.28 bits per heavy atom. The number of nitrogens with one attached hydrogen (secondary N) is 1. The number of aliphatic hydroxyl groups is 1. The summed E-state index contributed by atoms with van der Waals surface area (Å²) in [7, 11) is 0. The predicted octanol–water partition coefficient (Wildman–Crippen LogP) is 2.56. The number of aliphatic hydroxyl groups excluding tert-OH is 1. The fourth-order valence-electron chi connectivity index (χ4n) is 2.44. The predicted molar refractivity (Wildman–Crippen MR) is 69.6 cm³/mol. The van der Waals surface area contributed by atoms with Crippen molar-refractivity contribution < 1.29 is 10.0 Å². The van der Waals surface area contributed by atoms with Gasteiger partial charge in [0.1, 0.15) is 0 Å². The molecule has 1 saturated carbocycles. The number of nitro groups is 1. The van der Waals surface area contributed by atoms with Gasteiger partial charge in [0.05, 0.1) is 11.0 Å². The highest BCUT2D eigenvalue weighted by Crippen LogP contribution is 2.25. The minimum absolute atomic E-state index is 0.101. The number of hydrogen-bond donors (Lipinski definition) is 2. The van der Waals surface area contributed by atoms with Crippen molar-refractivity contribution in [2.45, 2.75) is 31.8 Å². The maximum absolute atomic E-state index is 10.6. The highest BCUT2D eigenvalue weighted by atomic mass is 16.6. The summed E-state index contributed by atoms with van der Waals surface area (Å²) in [5, 5.41) is 23.4. The zero-order valence-electron chi connectivity index (χ0n) is 10.2. The second kappa shape index (κ2) is 5.82. The molecule has 1 fully saturated rings. The first-order chi connectivity index (χ1) is 8.65. The van der Waals surface area contributed by atoms with Crippen molar-refractivity contribution in [3.63, 3.8) is 0 Å². The largest absolute Gasteiger partial charge is 0.393 e. The summed E-state index contributed by atoms with van der Waals surface area (Å²) in [5.41, 5.74) is 0.868. The lowest BCUT2D eigenvalue weighted by molar-refractivity contribution is -0.384. The molecule has 98 valence electrons. The SMILES string of the molecule is O=[N+]([O-])c1cccc(NCC2CCCC(O)C2)c1. The highest BCUT2D eigenvalue weighted by molar-refractivity contribution is 5.50. The fourth-order valence-corrected chi connectivity index (χ4v) is 2.44. The summed E-state index contributed by atoms with van der Waals surface area (Å²) in [6, 6.07) is 6.53. The third-order valence-corrected chi connectivity index (χ3v) is 3.41. The smallest absolute Gasteiger partial charge is 0.271 e. The Morgan fingerprint density at radius 3 is 3.00 bits per heavy atom.